The van der Waals surface area contributed by atoms with Gasteiger partial charge in [-0.1, -0.05) is 18.2 Å². The third-order valence-corrected chi connectivity index (χ3v) is 6.72. The van der Waals surface area contributed by atoms with Gasteiger partial charge in [0.05, 0.1) is 12.5 Å². The summed E-state index contributed by atoms with van der Waals surface area (Å²) in [5.41, 5.74) is 2.32. The smallest absolute Gasteiger partial charge is 0.227 e. The van der Waals surface area contributed by atoms with Crippen molar-refractivity contribution < 1.29 is 9.53 Å². The van der Waals surface area contributed by atoms with Crippen LogP contribution in [0.1, 0.15) is 18.4 Å². The first-order valence-electron chi connectivity index (χ1n) is 9.98. The van der Waals surface area contributed by atoms with E-state index in [1.807, 2.05) is 26.3 Å². The van der Waals surface area contributed by atoms with Crippen molar-refractivity contribution in [3.63, 3.8) is 0 Å². The number of likely N-dealkylation sites (tertiary alicyclic amines) is 1. The maximum Gasteiger partial charge on any atom is 0.227 e. The second-order valence-corrected chi connectivity index (χ2v) is 8.55. The van der Waals surface area contributed by atoms with E-state index in [1.165, 1.54) is 10.9 Å². The minimum atomic E-state index is 0.260. The van der Waals surface area contributed by atoms with Gasteiger partial charge in [-0.2, -0.15) is 0 Å². The van der Waals surface area contributed by atoms with E-state index < -0.39 is 0 Å². The Bertz CT molecular complexity index is 828. The zero-order chi connectivity index (χ0) is 19.1. The highest BCUT2D eigenvalue weighted by molar-refractivity contribution is 5.89. The molecule has 1 saturated carbocycles. The number of nitrogens with zero attached hydrogens (tertiary/aromatic N) is 3. The molecule has 2 aliphatic rings. The number of likely N-dealkylation sites (N-methyl/N-ethyl adjacent to an activating group) is 1. The molecule has 4 rings (SSSR count). The van der Waals surface area contributed by atoms with Crippen LogP contribution in [0.4, 0.5) is 0 Å². The highest BCUT2D eigenvalue weighted by atomic mass is 16.5. The van der Waals surface area contributed by atoms with Gasteiger partial charge in [-0.05, 0) is 50.4 Å². The molecule has 0 bridgehead atoms. The van der Waals surface area contributed by atoms with Gasteiger partial charge < -0.3 is 19.1 Å². The second-order valence-electron chi connectivity index (χ2n) is 8.55. The lowest BCUT2D eigenvalue weighted by molar-refractivity contribution is -0.129. The lowest BCUT2D eigenvalue weighted by atomic mass is 9.77. The van der Waals surface area contributed by atoms with E-state index in [2.05, 4.69) is 46.8 Å². The predicted octanol–water partition coefficient (Wildman–Crippen LogP) is 2.53. The number of methoxy groups -OCH3 is 1. The van der Waals surface area contributed by atoms with Crippen molar-refractivity contribution in [3.8, 4) is 0 Å². The number of fused-ring (bicyclic) bond motifs is 2. The minimum Gasteiger partial charge on any atom is -0.380 e. The summed E-state index contributed by atoms with van der Waals surface area (Å²) in [7, 11) is 8.14. The van der Waals surface area contributed by atoms with Gasteiger partial charge >= 0.3 is 0 Å². The maximum atomic E-state index is 13.1. The molecule has 2 aromatic rings. The number of benzene rings is 1. The topological polar surface area (TPSA) is 37.7 Å². The van der Waals surface area contributed by atoms with Crippen LogP contribution in [0.5, 0.6) is 0 Å². The highest BCUT2D eigenvalue weighted by Crippen LogP contribution is 2.39. The number of ether oxygens (including phenoxy) is 1. The monoisotopic (exact) mass is 369 g/mol. The summed E-state index contributed by atoms with van der Waals surface area (Å²) in [6.07, 6.45) is 5.05. The first-order chi connectivity index (χ1) is 13.0. The van der Waals surface area contributed by atoms with Gasteiger partial charge in [0, 0.05) is 50.4 Å². The number of carbonyl (C=O) groups excluding carboxylic acids is 1. The van der Waals surface area contributed by atoms with Crippen molar-refractivity contribution in [3.05, 3.63) is 36.0 Å². The second kappa shape index (κ2) is 7.28. The van der Waals surface area contributed by atoms with Crippen LogP contribution in [0.2, 0.25) is 0 Å². The van der Waals surface area contributed by atoms with Crippen LogP contribution in [0.3, 0.4) is 0 Å². The van der Waals surface area contributed by atoms with Crippen LogP contribution in [0, 0.1) is 11.8 Å². The Labute approximate surface area is 161 Å². The number of para-hydroxylation sites is 1. The van der Waals surface area contributed by atoms with Crippen LogP contribution in [0.15, 0.2) is 30.5 Å². The van der Waals surface area contributed by atoms with Crippen molar-refractivity contribution in [2.45, 2.75) is 31.4 Å². The van der Waals surface area contributed by atoms with Gasteiger partial charge in [0.25, 0.3) is 0 Å². The molecule has 27 heavy (non-hydrogen) atoms. The number of amides is 1. The van der Waals surface area contributed by atoms with E-state index in [1.54, 1.807) is 0 Å². The fourth-order valence-electron chi connectivity index (χ4n) is 5.23. The summed E-state index contributed by atoms with van der Waals surface area (Å²) in [6.45, 7) is 1.78. The molecular formula is C22H31N3O2. The minimum absolute atomic E-state index is 0.260. The van der Waals surface area contributed by atoms with Crippen LogP contribution in [0.25, 0.3) is 10.9 Å². The molecule has 2 fully saturated rings. The van der Waals surface area contributed by atoms with E-state index >= 15 is 0 Å². The van der Waals surface area contributed by atoms with Crippen LogP contribution in [-0.2, 0) is 23.0 Å². The molecular weight excluding hydrogens is 338 g/mol. The average molecular weight is 370 g/mol. The van der Waals surface area contributed by atoms with Gasteiger partial charge in [-0.15, -0.1) is 0 Å². The molecule has 5 heteroatoms. The van der Waals surface area contributed by atoms with Crippen LogP contribution < -0.4 is 0 Å². The molecule has 2 heterocycles. The number of aryl methyl sites for hydroxylation is 1. The van der Waals surface area contributed by atoms with Crippen molar-refractivity contribution in [1.29, 1.82) is 0 Å². The Hall–Kier alpha value is -1.85. The molecule has 0 N–H and O–H groups in total. The number of carbonyl (C=O) groups is 1. The molecule has 0 radical (unpaired) electrons. The Morgan fingerprint density at radius 2 is 1.89 bits per heavy atom. The largest absolute Gasteiger partial charge is 0.380 e. The van der Waals surface area contributed by atoms with Crippen molar-refractivity contribution in [1.82, 2.24) is 14.4 Å². The Kier molecular flexibility index (Phi) is 4.99. The molecule has 1 aliphatic carbocycles. The van der Waals surface area contributed by atoms with Crippen LogP contribution in [-0.4, -0.2) is 66.7 Å². The SMILES string of the molecule is CO[C@@H]1C[C@H]2CN(C(=O)Cc3cn(C)c4ccccc34)C[C@H]2C[C@H]1N(C)C. The van der Waals surface area contributed by atoms with Crippen molar-refractivity contribution >= 4 is 16.8 Å². The number of hydrogen-bond donors (Lipinski definition) is 0. The van der Waals surface area contributed by atoms with E-state index in [0.29, 0.717) is 24.3 Å². The lowest BCUT2D eigenvalue weighted by Crippen LogP contribution is -2.47. The normalized spacial score (nSPS) is 28.1. The molecule has 146 valence electrons. The predicted molar refractivity (Wildman–Crippen MR) is 108 cm³/mol. The zero-order valence-corrected chi connectivity index (χ0v) is 16.9. The van der Waals surface area contributed by atoms with Gasteiger partial charge in [0.1, 0.15) is 0 Å². The molecule has 1 aliphatic heterocycles. The summed E-state index contributed by atoms with van der Waals surface area (Å²) < 4.78 is 7.89. The fraction of sp³-hybridized carbons (Fsp3) is 0.591. The number of hydrogen-bond acceptors (Lipinski definition) is 3. The molecule has 0 unspecified atom stereocenters. The summed E-state index contributed by atoms with van der Waals surface area (Å²) in [4.78, 5) is 17.4. The standard InChI is InChI=1S/C22H31N3O2/c1-23(2)20-9-15-13-25(14-16(15)10-21(20)27-4)22(26)11-17-12-24(3)19-8-6-5-7-18(17)19/h5-8,12,15-16,20-21H,9-11,13-14H2,1-4H3/t15-,16+,20-,21-/m1/s1. The zero-order valence-electron chi connectivity index (χ0n) is 16.9. The molecule has 1 saturated heterocycles. The molecule has 1 aromatic heterocycles. The highest BCUT2D eigenvalue weighted by Gasteiger charge is 2.44. The van der Waals surface area contributed by atoms with E-state index in [4.69, 9.17) is 4.74 Å². The first-order valence-corrected chi connectivity index (χ1v) is 9.98. The van der Waals surface area contributed by atoms with Crippen molar-refractivity contribution in [2.75, 3.05) is 34.3 Å². The average Bonchev–Trinajstić information content (AvgIpc) is 3.22. The summed E-state index contributed by atoms with van der Waals surface area (Å²) in [5, 5.41) is 1.19. The lowest BCUT2D eigenvalue weighted by Gasteiger charge is -2.40. The van der Waals surface area contributed by atoms with Gasteiger partial charge in [0.15, 0.2) is 0 Å². The molecule has 5 nitrogen and oxygen atoms in total. The Morgan fingerprint density at radius 1 is 1.19 bits per heavy atom. The Balaban J connectivity index is 1.46. The molecule has 1 amide bonds. The molecule has 1 aromatic carbocycles. The third-order valence-electron chi connectivity index (χ3n) is 6.72. The van der Waals surface area contributed by atoms with Crippen LogP contribution >= 0.6 is 0 Å². The molecule has 0 spiro atoms. The van der Waals surface area contributed by atoms with E-state index in [-0.39, 0.29) is 12.0 Å². The first kappa shape index (κ1) is 18.5. The van der Waals surface area contributed by atoms with Gasteiger partial charge in [-0.3, -0.25) is 4.79 Å². The summed E-state index contributed by atoms with van der Waals surface area (Å²) in [6, 6.07) is 8.77. The number of rotatable bonds is 4. The Morgan fingerprint density at radius 3 is 2.59 bits per heavy atom. The van der Waals surface area contributed by atoms with Gasteiger partial charge in [0.2, 0.25) is 5.91 Å². The fourth-order valence-corrected chi connectivity index (χ4v) is 5.23. The number of aromatic nitrogens is 1. The maximum absolute atomic E-state index is 13.1. The summed E-state index contributed by atoms with van der Waals surface area (Å²) in [5.74, 6) is 1.43. The quantitative estimate of drug-likeness (QED) is 0.831. The summed E-state index contributed by atoms with van der Waals surface area (Å²) >= 11 is 0. The van der Waals surface area contributed by atoms with E-state index in [9.17, 15) is 4.79 Å². The third kappa shape index (κ3) is 3.39. The molecule has 4 atom stereocenters. The van der Waals surface area contributed by atoms with E-state index in [0.717, 1.165) is 31.5 Å². The van der Waals surface area contributed by atoms with Gasteiger partial charge in [-0.25, -0.2) is 0 Å². The van der Waals surface area contributed by atoms with Crippen molar-refractivity contribution in [2.24, 2.45) is 18.9 Å².